The summed E-state index contributed by atoms with van der Waals surface area (Å²) >= 11 is 0. The molecule has 0 unspecified atom stereocenters. The highest BCUT2D eigenvalue weighted by Gasteiger charge is 2.64. The van der Waals surface area contributed by atoms with Crippen LogP contribution in [0.25, 0.3) is 0 Å². The third kappa shape index (κ3) is 0.679. The molecule has 2 aliphatic rings. The van der Waals surface area contributed by atoms with Crippen molar-refractivity contribution in [2.45, 2.75) is 19.3 Å². The van der Waals surface area contributed by atoms with Gasteiger partial charge in [0.15, 0.2) is 0 Å². The Morgan fingerprint density at radius 2 is 2.00 bits per heavy atom. The monoisotopic (exact) mass is 152 g/mol. The van der Waals surface area contributed by atoms with Crippen molar-refractivity contribution in [3.8, 4) is 0 Å². The van der Waals surface area contributed by atoms with E-state index in [1.165, 1.54) is 0 Å². The van der Waals surface area contributed by atoms with Crippen molar-refractivity contribution >= 4 is 11.6 Å². The summed E-state index contributed by atoms with van der Waals surface area (Å²) in [5.74, 6) is -0.189. The first-order chi connectivity index (χ1) is 5.17. The highest BCUT2D eigenvalue weighted by molar-refractivity contribution is 6.63. The van der Waals surface area contributed by atoms with E-state index in [4.69, 9.17) is 5.11 Å². The van der Waals surface area contributed by atoms with Crippen molar-refractivity contribution in [1.29, 1.82) is 0 Å². The minimum atomic E-state index is -0.688. The summed E-state index contributed by atoms with van der Waals surface area (Å²) in [4.78, 5) is 21.7. The van der Waals surface area contributed by atoms with Crippen LogP contribution in [0.15, 0.2) is 11.8 Å². The summed E-state index contributed by atoms with van der Waals surface area (Å²) in [6.45, 7) is 0. The molecule has 0 bridgehead atoms. The lowest BCUT2D eigenvalue weighted by Gasteiger charge is -2.13. The summed E-state index contributed by atoms with van der Waals surface area (Å²) < 4.78 is 0. The molecular formula is C8H8O3. The van der Waals surface area contributed by atoms with Gasteiger partial charge in [-0.05, 0) is 18.9 Å². The first-order valence-electron chi connectivity index (χ1n) is 3.64. The molecule has 2 aliphatic carbocycles. The summed E-state index contributed by atoms with van der Waals surface area (Å²) in [6.07, 6.45) is 2.97. The van der Waals surface area contributed by atoms with Crippen molar-refractivity contribution < 1.29 is 14.7 Å². The molecule has 0 amide bonds. The quantitative estimate of drug-likeness (QED) is 0.411. The zero-order valence-electron chi connectivity index (χ0n) is 5.96. The van der Waals surface area contributed by atoms with Gasteiger partial charge < -0.3 is 5.11 Å². The molecule has 0 radical (unpaired) electrons. The van der Waals surface area contributed by atoms with Gasteiger partial charge in [-0.15, -0.1) is 0 Å². The minimum absolute atomic E-state index is 0.249. The van der Waals surface area contributed by atoms with Gasteiger partial charge in [0.25, 0.3) is 0 Å². The Labute approximate surface area is 63.7 Å². The van der Waals surface area contributed by atoms with Crippen LogP contribution in [0.4, 0.5) is 0 Å². The third-order valence-electron chi connectivity index (χ3n) is 2.51. The van der Waals surface area contributed by atoms with Gasteiger partial charge in [0, 0.05) is 6.42 Å². The maximum atomic E-state index is 10.8. The van der Waals surface area contributed by atoms with Crippen LogP contribution in [-0.2, 0) is 9.59 Å². The summed E-state index contributed by atoms with van der Waals surface area (Å²) in [7, 11) is 0. The van der Waals surface area contributed by atoms with Gasteiger partial charge in [0.1, 0.15) is 5.41 Å². The maximum absolute atomic E-state index is 10.8. The van der Waals surface area contributed by atoms with Crippen LogP contribution in [-0.4, -0.2) is 16.7 Å². The second-order valence-electron chi connectivity index (χ2n) is 3.14. The molecule has 0 aromatic rings. The van der Waals surface area contributed by atoms with Crippen molar-refractivity contribution in [2.75, 3.05) is 0 Å². The van der Waals surface area contributed by atoms with Crippen LogP contribution in [0.1, 0.15) is 19.3 Å². The molecule has 11 heavy (non-hydrogen) atoms. The van der Waals surface area contributed by atoms with Crippen molar-refractivity contribution in [2.24, 2.45) is 5.41 Å². The van der Waals surface area contributed by atoms with Crippen molar-refractivity contribution in [1.82, 2.24) is 0 Å². The number of allylic oxidation sites excluding steroid dienone is 2. The average Bonchev–Trinajstić information content (AvgIpc) is 2.50. The Balaban J connectivity index is 2.23. The smallest absolute Gasteiger partial charge is 0.213 e. The summed E-state index contributed by atoms with van der Waals surface area (Å²) in [5.41, 5.74) is -0.688. The van der Waals surface area contributed by atoms with Gasteiger partial charge in [-0.1, -0.05) is 0 Å². The van der Waals surface area contributed by atoms with Crippen LogP contribution < -0.4 is 0 Å². The van der Waals surface area contributed by atoms with Crippen LogP contribution in [0.3, 0.4) is 0 Å². The molecule has 1 spiro atoms. The number of aliphatic hydroxyl groups excluding tert-OH is 1. The van der Waals surface area contributed by atoms with Crippen molar-refractivity contribution in [3.63, 3.8) is 0 Å². The Morgan fingerprint density at radius 3 is 2.36 bits per heavy atom. The predicted molar refractivity (Wildman–Crippen MR) is 37.0 cm³/mol. The lowest BCUT2D eigenvalue weighted by Crippen LogP contribution is -2.10. The molecule has 0 saturated heterocycles. The molecule has 0 heterocycles. The Morgan fingerprint density at radius 1 is 1.36 bits per heavy atom. The van der Waals surface area contributed by atoms with Gasteiger partial charge in [-0.25, -0.2) is 0 Å². The third-order valence-corrected chi connectivity index (χ3v) is 2.51. The first kappa shape index (κ1) is 6.58. The van der Waals surface area contributed by atoms with Crippen molar-refractivity contribution in [3.05, 3.63) is 11.8 Å². The van der Waals surface area contributed by atoms with E-state index in [1.54, 1.807) is 6.08 Å². The highest BCUT2D eigenvalue weighted by Crippen LogP contribution is 2.47. The molecule has 3 nitrogen and oxygen atoms in total. The number of hydrogen-bond donors (Lipinski definition) is 1. The molecule has 0 atom stereocenters. The molecule has 2 rings (SSSR count). The molecule has 1 fully saturated rings. The van der Waals surface area contributed by atoms with E-state index < -0.39 is 5.41 Å². The van der Waals surface area contributed by atoms with Gasteiger partial charge in [0.2, 0.25) is 11.6 Å². The van der Waals surface area contributed by atoms with E-state index in [0.717, 1.165) is 0 Å². The molecule has 1 N–H and O–H groups in total. The van der Waals surface area contributed by atoms with E-state index in [0.29, 0.717) is 25.0 Å². The fraction of sp³-hybridized carbons (Fsp3) is 0.500. The highest BCUT2D eigenvalue weighted by atomic mass is 16.3. The number of ketones is 2. The number of hydrogen-bond acceptors (Lipinski definition) is 3. The second kappa shape index (κ2) is 1.72. The Bertz CT molecular complexity index is 261. The fourth-order valence-electron chi connectivity index (χ4n) is 1.55. The van der Waals surface area contributed by atoms with Crippen LogP contribution in [0, 0.1) is 5.41 Å². The van der Waals surface area contributed by atoms with E-state index in [-0.39, 0.29) is 11.6 Å². The van der Waals surface area contributed by atoms with Crippen LogP contribution >= 0.6 is 0 Å². The number of Topliss-reactive ketones (excluding diaryl/α,β-unsaturated/α-hetero) is 2. The second-order valence-corrected chi connectivity index (χ2v) is 3.14. The van der Waals surface area contributed by atoms with E-state index in [1.807, 2.05) is 0 Å². The van der Waals surface area contributed by atoms with Gasteiger partial charge in [-0.3, -0.25) is 9.59 Å². The topological polar surface area (TPSA) is 54.4 Å². The number of aliphatic hydroxyl groups is 1. The fourth-order valence-corrected chi connectivity index (χ4v) is 1.55. The summed E-state index contributed by atoms with van der Waals surface area (Å²) in [5, 5.41) is 8.98. The van der Waals surface area contributed by atoms with E-state index in [9.17, 15) is 9.59 Å². The van der Waals surface area contributed by atoms with Gasteiger partial charge in [-0.2, -0.15) is 0 Å². The minimum Gasteiger partial charge on any atom is -0.513 e. The lowest BCUT2D eigenvalue weighted by atomic mass is 9.90. The number of carbonyl (C=O) groups is 2. The average molecular weight is 152 g/mol. The largest absolute Gasteiger partial charge is 0.513 e. The predicted octanol–water partition coefficient (Wildman–Crippen LogP) is 0.750. The van der Waals surface area contributed by atoms with Crippen LogP contribution in [0.5, 0.6) is 0 Å². The standard InChI is InChI=1S/C8H8O3/c9-5-1-3-8(4-2-5)6(10)7(8)11/h1,9H,2-4H2. The molecule has 0 aromatic heterocycles. The lowest BCUT2D eigenvalue weighted by molar-refractivity contribution is -0.122. The number of carbonyl (C=O) groups excluding carboxylic acids is 2. The zero-order chi connectivity index (χ0) is 8.06. The zero-order valence-corrected chi connectivity index (χ0v) is 5.96. The Kier molecular flexibility index (Phi) is 1.03. The molecule has 3 heteroatoms. The Hall–Kier alpha value is -1.12. The molecular weight excluding hydrogens is 144 g/mol. The molecule has 1 saturated carbocycles. The van der Waals surface area contributed by atoms with Gasteiger partial charge >= 0.3 is 0 Å². The first-order valence-corrected chi connectivity index (χ1v) is 3.64. The van der Waals surface area contributed by atoms with E-state index >= 15 is 0 Å². The van der Waals surface area contributed by atoms with Crippen LogP contribution in [0.2, 0.25) is 0 Å². The van der Waals surface area contributed by atoms with Gasteiger partial charge in [0.05, 0.1) is 5.76 Å². The van der Waals surface area contributed by atoms with E-state index in [2.05, 4.69) is 0 Å². The molecule has 0 aliphatic heterocycles. The molecule has 58 valence electrons. The summed E-state index contributed by atoms with van der Waals surface area (Å²) in [6, 6.07) is 0. The normalized spacial score (nSPS) is 27.1. The number of rotatable bonds is 0. The molecule has 0 aromatic carbocycles. The maximum Gasteiger partial charge on any atom is 0.213 e. The SMILES string of the molecule is O=C1C(=O)C12CC=C(O)CC2.